The van der Waals surface area contributed by atoms with Gasteiger partial charge in [0.25, 0.3) is 0 Å². The Morgan fingerprint density at radius 2 is 1.05 bits per heavy atom. The van der Waals surface area contributed by atoms with E-state index in [0.717, 1.165) is 39.7 Å². The fourth-order valence-corrected chi connectivity index (χ4v) is 9.41. The second-order valence-corrected chi connectivity index (χ2v) is 18.5. The van der Waals surface area contributed by atoms with E-state index in [4.69, 9.17) is 0 Å². The van der Waals surface area contributed by atoms with Gasteiger partial charge in [-0.1, -0.05) is 165 Å². The van der Waals surface area contributed by atoms with Crippen LogP contribution in [0.25, 0.3) is 34.4 Å². The van der Waals surface area contributed by atoms with Crippen molar-refractivity contribution in [1.82, 2.24) is 0 Å². The molecule has 0 radical (unpaired) electrons. The summed E-state index contributed by atoms with van der Waals surface area (Å²) in [6.45, 7) is 28.6. The van der Waals surface area contributed by atoms with E-state index in [1.54, 1.807) is 0 Å². The number of hydrogen-bond donors (Lipinski definition) is 0. The molecule has 0 bridgehead atoms. The van der Waals surface area contributed by atoms with E-state index in [0.29, 0.717) is 0 Å². The molecule has 2 aliphatic carbocycles. The Kier molecular flexibility index (Phi) is 10.3. The van der Waals surface area contributed by atoms with Crippen LogP contribution in [0.15, 0.2) is 176 Å². The van der Waals surface area contributed by atoms with Crippen molar-refractivity contribution < 1.29 is 0 Å². The average molecular weight is 783 g/mol. The Morgan fingerprint density at radius 3 is 1.67 bits per heavy atom. The van der Waals surface area contributed by atoms with E-state index < -0.39 is 0 Å². The molecule has 300 valence electrons. The van der Waals surface area contributed by atoms with Gasteiger partial charge in [0.2, 0.25) is 0 Å². The predicted molar refractivity (Wildman–Crippen MR) is 261 cm³/mol. The summed E-state index contributed by atoms with van der Waals surface area (Å²) in [7, 11) is 0. The van der Waals surface area contributed by atoms with Crippen LogP contribution in [0, 0.1) is 0 Å². The summed E-state index contributed by atoms with van der Waals surface area (Å²) >= 11 is 0. The second kappa shape index (κ2) is 15.3. The maximum absolute atomic E-state index is 4.38. The maximum atomic E-state index is 4.38. The topological polar surface area (TPSA) is 6.48 Å². The summed E-state index contributed by atoms with van der Waals surface area (Å²) in [4.78, 5) is 4.60. The predicted octanol–water partition coefficient (Wildman–Crippen LogP) is 16.2. The Labute approximate surface area is 359 Å². The lowest BCUT2D eigenvalue weighted by Crippen LogP contribution is -2.20. The summed E-state index contributed by atoms with van der Waals surface area (Å²) in [5.41, 5.74) is 20.7. The molecule has 0 aliphatic heterocycles. The fraction of sp³-hybridized carbons (Fsp3) is 0.207. The van der Waals surface area contributed by atoms with Crippen molar-refractivity contribution in [2.45, 2.75) is 78.6 Å². The normalized spacial score (nSPS) is 14.8. The van der Waals surface area contributed by atoms with Crippen LogP contribution >= 0.6 is 0 Å². The quantitative estimate of drug-likeness (QED) is 0.101. The summed E-state index contributed by atoms with van der Waals surface area (Å²) < 4.78 is 0. The largest absolute Gasteiger partial charge is 0.315 e. The Hall–Kier alpha value is -6.38. The highest BCUT2D eigenvalue weighted by Crippen LogP contribution is 2.52. The molecule has 2 heteroatoms. The molecule has 0 atom stereocenters. The molecular formula is C58H58N2. The molecule has 0 unspecified atom stereocenters. The highest BCUT2D eigenvalue weighted by Gasteiger charge is 2.37. The van der Waals surface area contributed by atoms with Crippen molar-refractivity contribution in [2.75, 3.05) is 9.80 Å². The van der Waals surface area contributed by atoms with Gasteiger partial charge in [0.1, 0.15) is 0 Å². The van der Waals surface area contributed by atoms with E-state index in [2.05, 4.69) is 224 Å². The van der Waals surface area contributed by atoms with Crippen LogP contribution < -0.4 is 9.80 Å². The molecule has 2 nitrogen and oxygen atoms in total. The lowest BCUT2D eigenvalue weighted by molar-refractivity contribution is 0.590. The van der Waals surface area contributed by atoms with Gasteiger partial charge in [-0.05, 0) is 141 Å². The van der Waals surface area contributed by atoms with Gasteiger partial charge in [-0.3, -0.25) is 0 Å². The van der Waals surface area contributed by atoms with Crippen LogP contribution in [-0.4, -0.2) is 0 Å². The van der Waals surface area contributed by atoms with Gasteiger partial charge in [-0.2, -0.15) is 0 Å². The van der Waals surface area contributed by atoms with Gasteiger partial charge in [-0.15, -0.1) is 0 Å². The number of allylic oxidation sites excluding steroid dienone is 5. The monoisotopic (exact) mass is 782 g/mol. The van der Waals surface area contributed by atoms with E-state index >= 15 is 0 Å². The number of fused-ring (bicyclic) bond motifs is 6. The number of hydrogen-bond acceptors (Lipinski definition) is 2. The molecule has 0 spiro atoms. The molecule has 0 amide bonds. The SMILES string of the molecule is C=C/C=C(\C)N(C(=C)/C=C\C)c1ccc2c(c1)C(C)(C)c1cc(/C=C/c3ccc(N(c4ccc(C(C)(C)C)cc4)c4ccc5c(c4)C(C)(C)c4ccccc4-5)cc3)ccc1-2. The van der Waals surface area contributed by atoms with Gasteiger partial charge in [0.15, 0.2) is 0 Å². The minimum absolute atomic E-state index is 0.0782. The number of anilines is 4. The van der Waals surface area contributed by atoms with Crippen LogP contribution in [0.5, 0.6) is 0 Å². The zero-order valence-corrected chi connectivity index (χ0v) is 36.9. The van der Waals surface area contributed by atoms with Crippen molar-refractivity contribution >= 4 is 34.9 Å². The van der Waals surface area contributed by atoms with Crippen LogP contribution in [0.4, 0.5) is 22.7 Å². The molecular weight excluding hydrogens is 725 g/mol. The van der Waals surface area contributed by atoms with Crippen LogP contribution in [0.3, 0.4) is 0 Å². The lowest BCUT2D eigenvalue weighted by Gasteiger charge is -2.29. The van der Waals surface area contributed by atoms with E-state index in [1.807, 2.05) is 25.2 Å². The molecule has 0 heterocycles. The Morgan fingerprint density at radius 1 is 0.567 bits per heavy atom. The van der Waals surface area contributed by atoms with Gasteiger partial charge in [-0.25, -0.2) is 0 Å². The smallest absolute Gasteiger partial charge is 0.0465 e. The van der Waals surface area contributed by atoms with Crippen LogP contribution in [0.2, 0.25) is 0 Å². The third kappa shape index (κ3) is 7.09. The highest BCUT2D eigenvalue weighted by atomic mass is 15.1. The van der Waals surface area contributed by atoms with Crippen LogP contribution in [0.1, 0.15) is 101 Å². The average Bonchev–Trinajstić information content (AvgIpc) is 3.59. The van der Waals surface area contributed by atoms with E-state index in [9.17, 15) is 0 Å². The first-order chi connectivity index (χ1) is 28.6. The minimum Gasteiger partial charge on any atom is -0.315 e. The second-order valence-electron chi connectivity index (χ2n) is 18.5. The molecule has 0 fully saturated rings. The Balaban J connectivity index is 1.09. The fourth-order valence-electron chi connectivity index (χ4n) is 9.41. The molecule has 8 rings (SSSR count). The molecule has 6 aromatic rings. The lowest BCUT2D eigenvalue weighted by atomic mass is 9.81. The first kappa shape index (κ1) is 40.4. The minimum atomic E-state index is -0.167. The van der Waals surface area contributed by atoms with E-state index in [1.165, 1.54) is 55.6 Å². The van der Waals surface area contributed by atoms with Crippen LogP contribution in [-0.2, 0) is 16.2 Å². The summed E-state index contributed by atoms with van der Waals surface area (Å²) in [6, 6.07) is 47.7. The molecule has 60 heavy (non-hydrogen) atoms. The van der Waals surface area contributed by atoms with Crippen molar-refractivity contribution in [3.63, 3.8) is 0 Å². The van der Waals surface area contributed by atoms with Gasteiger partial charge in [0.05, 0.1) is 0 Å². The van der Waals surface area contributed by atoms with Crippen molar-refractivity contribution in [3.05, 3.63) is 215 Å². The molecule has 0 saturated carbocycles. The number of benzene rings is 6. The standard InChI is InChI=1S/C58H58N2/c1-12-16-39(3)59(40(4)17-13-2)46-31-34-51-49-33-24-42(36-53(49)58(10,11)55(51)37-46)21-20-41-22-27-44(28-23-41)60(45-29-25-43(26-30-45)56(5,6)7)47-32-35-50-48-18-14-15-19-52(48)57(8,9)54(50)38-47/h12-38H,1,4H2,2-3,5-11H3/b17-13-,21-20+,39-16+. The van der Waals surface area contributed by atoms with Gasteiger partial charge < -0.3 is 9.80 Å². The zero-order chi connectivity index (χ0) is 42.6. The Bertz CT molecular complexity index is 2720. The van der Waals surface area contributed by atoms with Gasteiger partial charge in [0, 0.05) is 45.0 Å². The highest BCUT2D eigenvalue weighted by molar-refractivity contribution is 5.87. The first-order valence-corrected chi connectivity index (χ1v) is 21.3. The maximum Gasteiger partial charge on any atom is 0.0465 e. The number of rotatable bonds is 10. The molecule has 0 saturated heterocycles. The molecule has 0 N–H and O–H groups in total. The van der Waals surface area contributed by atoms with Crippen molar-refractivity contribution in [1.29, 1.82) is 0 Å². The third-order valence-electron chi connectivity index (χ3n) is 12.7. The summed E-state index contributed by atoms with van der Waals surface area (Å²) in [6.07, 6.45) is 12.4. The summed E-state index contributed by atoms with van der Waals surface area (Å²) in [5, 5.41) is 0. The van der Waals surface area contributed by atoms with Crippen molar-refractivity contribution in [2.24, 2.45) is 0 Å². The molecule has 6 aromatic carbocycles. The van der Waals surface area contributed by atoms with E-state index in [-0.39, 0.29) is 16.2 Å². The molecule has 0 aromatic heterocycles. The first-order valence-electron chi connectivity index (χ1n) is 21.3. The number of nitrogens with zero attached hydrogens (tertiary/aromatic N) is 2. The van der Waals surface area contributed by atoms with Crippen molar-refractivity contribution in [3.8, 4) is 22.3 Å². The van der Waals surface area contributed by atoms with Gasteiger partial charge >= 0.3 is 0 Å². The molecule has 2 aliphatic rings. The zero-order valence-electron chi connectivity index (χ0n) is 36.9. The summed E-state index contributed by atoms with van der Waals surface area (Å²) in [5.74, 6) is 0. The third-order valence-corrected chi connectivity index (χ3v) is 12.7.